The first-order valence-electron chi connectivity index (χ1n) is 8.13. The number of carboxylic acids is 1. The van der Waals surface area contributed by atoms with Crippen LogP contribution in [0.3, 0.4) is 0 Å². The number of pyridine rings is 1. The Balaban J connectivity index is 2.18. The second kappa shape index (κ2) is 8.28. The number of sulfonamides is 1. The van der Waals surface area contributed by atoms with Crippen molar-refractivity contribution in [2.45, 2.75) is 31.7 Å². The van der Waals surface area contributed by atoms with Crippen LogP contribution in [0.1, 0.15) is 27.0 Å². The number of rotatable bonds is 7. The molecule has 27 heavy (non-hydrogen) atoms. The van der Waals surface area contributed by atoms with Crippen molar-refractivity contribution in [3.05, 3.63) is 58.9 Å². The van der Waals surface area contributed by atoms with E-state index in [0.29, 0.717) is 11.1 Å². The zero-order chi connectivity index (χ0) is 20.2. The lowest BCUT2D eigenvalue weighted by Crippen LogP contribution is -2.48. The van der Waals surface area contributed by atoms with Gasteiger partial charge in [-0.25, -0.2) is 8.42 Å². The van der Waals surface area contributed by atoms with E-state index in [1.807, 2.05) is 6.92 Å². The van der Waals surface area contributed by atoms with Crippen molar-refractivity contribution in [2.24, 2.45) is 0 Å². The number of amides is 1. The topological polar surface area (TPSA) is 125 Å². The second-order valence-electron chi connectivity index (χ2n) is 6.19. The third kappa shape index (κ3) is 5.11. The molecular formula is C18H21N3O5S. The first kappa shape index (κ1) is 20.5. The number of aromatic nitrogens is 1. The van der Waals surface area contributed by atoms with Gasteiger partial charge in [0.2, 0.25) is 10.0 Å². The minimum absolute atomic E-state index is 0.0398. The number of hydrogen-bond acceptors (Lipinski definition) is 5. The number of carbonyl (C=O) groups excluding carboxylic acids is 1. The van der Waals surface area contributed by atoms with Crippen LogP contribution in [0.2, 0.25) is 0 Å². The average Bonchev–Trinajstić information content (AvgIpc) is 2.57. The van der Waals surface area contributed by atoms with Gasteiger partial charge < -0.3 is 10.4 Å². The molecule has 1 aromatic heterocycles. The molecule has 9 heteroatoms. The number of nitrogens with one attached hydrogen (secondary N) is 2. The molecule has 1 heterocycles. The number of benzene rings is 1. The highest BCUT2D eigenvalue weighted by molar-refractivity contribution is 7.89. The fraction of sp³-hybridized carbons (Fsp3) is 0.278. The molecule has 0 radical (unpaired) electrons. The molecule has 0 unspecified atom stereocenters. The van der Waals surface area contributed by atoms with E-state index in [1.54, 1.807) is 32.0 Å². The van der Waals surface area contributed by atoms with Crippen LogP contribution in [0.15, 0.2) is 41.6 Å². The molecule has 1 amide bonds. The fourth-order valence-corrected chi connectivity index (χ4v) is 4.45. The summed E-state index contributed by atoms with van der Waals surface area (Å²) in [5.41, 5.74) is 2.18. The van der Waals surface area contributed by atoms with Crippen LogP contribution in [0, 0.1) is 20.8 Å². The quantitative estimate of drug-likeness (QED) is 0.650. The molecule has 1 aromatic carbocycles. The van der Waals surface area contributed by atoms with Crippen molar-refractivity contribution in [3.63, 3.8) is 0 Å². The molecule has 0 spiro atoms. The zero-order valence-electron chi connectivity index (χ0n) is 15.2. The van der Waals surface area contributed by atoms with Crippen LogP contribution in [0.4, 0.5) is 0 Å². The molecule has 2 rings (SSSR count). The molecule has 1 atom stereocenters. The molecule has 0 aliphatic carbocycles. The van der Waals surface area contributed by atoms with Crippen molar-refractivity contribution in [1.82, 2.24) is 15.0 Å². The van der Waals surface area contributed by atoms with Gasteiger partial charge in [0.1, 0.15) is 6.04 Å². The molecule has 0 aliphatic heterocycles. The Bertz CT molecular complexity index is 935. The molecule has 2 aromatic rings. The number of carbonyl (C=O) groups is 2. The van der Waals surface area contributed by atoms with E-state index in [1.165, 1.54) is 18.5 Å². The van der Waals surface area contributed by atoms with Crippen LogP contribution < -0.4 is 10.0 Å². The predicted molar refractivity (Wildman–Crippen MR) is 99.0 cm³/mol. The zero-order valence-corrected chi connectivity index (χ0v) is 16.0. The molecule has 0 aliphatic rings. The van der Waals surface area contributed by atoms with Gasteiger partial charge in [0, 0.05) is 18.9 Å². The predicted octanol–water partition coefficient (Wildman–Crippen LogP) is 1.17. The van der Waals surface area contributed by atoms with Crippen molar-refractivity contribution < 1.29 is 23.1 Å². The van der Waals surface area contributed by atoms with Crippen LogP contribution in [-0.2, 0) is 14.8 Å². The Hall–Kier alpha value is -2.78. The lowest BCUT2D eigenvalue weighted by Gasteiger charge is -2.18. The van der Waals surface area contributed by atoms with E-state index in [2.05, 4.69) is 15.0 Å². The molecule has 144 valence electrons. The van der Waals surface area contributed by atoms with E-state index in [9.17, 15) is 23.1 Å². The maximum atomic E-state index is 12.7. The molecular weight excluding hydrogens is 370 g/mol. The third-order valence-electron chi connectivity index (χ3n) is 3.86. The van der Waals surface area contributed by atoms with Crippen molar-refractivity contribution >= 4 is 21.9 Å². The summed E-state index contributed by atoms with van der Waals surface area (Å²) in [4.78, 5) is 27.4. The van der Waals surface area contributed by atoms with Crippen LogP contribution in [0.5, 0.6) is 0 Å². The highest BCUT2D eigenvalue weighted by atomic mass is 32.2. The normalized spacial score (nSPS) is 12.4. The Kier molecular flexibility index (Phi) is 6.29. The molecule has 3 N–H and O–H groups in total. The lowest BCUT2D eigenvalue weighted by molar-refractivity contribution is -0.138. The molecule has 0 fully saturated rings. The Morgan fingerprint density at radius 3 is 2.33 bits per heavy atom. The van der Waals surface area contributed by atoms with E-state index in [-0.39, 0.29) is 10.5 Å². The molecule has 8 nitrogen and oxygen atoms in total. The van der Waals surface area contributed by atoms with Gasteiger partial charge in [-0.2, -0.15) is 4.72 Å². The van der Waals surface area contributed by atoms with Gasteiger partial charge in [-0.1, -0.05) is 17.7 Å². The highest BCUT2D eigenvalue weighted by Crippen LogP contribution is 2.21. The first-order valence-corrected chi connectivity index (χ1v) is 9.61. The van der Waals surface area contributed by atoms with Gasteiger partial charge in [0.05, 0.1) is 10.5 Å². The minimum atomic E-state index is -4.09. The van der Waals surface area contributed by atoms with Crippen LogP contribution in [-0.4, -0.2) is 43.0 Å². The number of hydrogen-bond donors (Lipinski definition) is 3. The number of nitrogens with zero attached hydrogens (tertiary/aromatic N) is 1. The lowest BCUT2D eigenvalue weighted by atomic mass is 10.1. The van der Waals surface area contributed by atoms with Crippen LogP contribution >= 0.6 is 0 Å². The summed E-state index contributed by atoms with van der Waals surface area (Å²) in [6, 6.07) is 4.98. The smallest absolute Gasteiger partial charge is 0.323 e. The van der Waals surface area contributed by atoms with Gasteiger partial charge >= 0.3 is 5.97 Å². The summed E-state index contributed by atoms with van der Waals surface area (Å²) >= 11 is 0. The molecule has 0 saturated carbocycles. The fourth-order valence-electron chi connectivity index (χ4n) is 2.81. The Morgan fingerprint density at radius 1 is 1.19 bits per heavy atom. The van der Waals surface area contributed by atoms with Crippen LogP contribution in [0.25, 0.3) is 0 Å². The summed E-state index contributed by atoms with van der Waals surface area (Å²) < 4.78 is 27.6. The largest absolute Gasteiger partial charge is 0.480 e. The number of aliphatic carboxylic acids is 1. The monoisotopic (exact) mass is 391 g/mol. The molecule has 0 bridgehead atoms. The second-order valence-corrected chi connectivity index (χ2v) is 7.84. The summed E-state index contributed by atoms with van der Waals surface area (Å²) in [6.45, 7) is 4.73. The van der Waals surface area contributed by atoms with Crippen molar-refractivity contribution in [1.29, 1.82) is 0 Å². The van der Waals surface area contributed by atoms with Crippen molar-refractivity contribution in [3.8, 4) is 0 Å². The summed E-state index contributed by atoms with van der Waals surface area (Å²) in [6.07, 6.45) is 2.82. The van der Waals surface area contributed by atoms with E-state index in [4.69, 9.17) is 0 Å². The van der Waals surface area contributed by atoms with Gasteiger partial charge in [-0.3, -0.25) is 14.6 Å². The van der Waals surface area contributed by atoms with Gasteiger partial charge in [-0.05, 0) is 44.0 Å². The Morgan fingerprint density at radius 2 is 1.81 bits per heavy atom. The van der Waals surface area contributed by atoms with Gasteiger partial charge in [0.15, 0.2) is 0 Å². The third-order valence-corrected chi connectivity index (χ3v) is 5.64. The van der Waals surface area contributed by atoms with E-state index in [0.717, 1.165) is 5.56 Å². The minimum Gasteiger partial charge on any atom is -0.480 e. The summed E-state index contributed by atoms with van der Waals surface area (Å²) in [5.74, 6) is -1.94. The highest BCUT2D eigenvalue weighted by Gasteiger charge is 2.28. The SMILES string of the molecule is Cc1cc(C)c(S(=O)(=O)N[C@H](CNC(=O)c2cccnc2)C(=O)O)c(C)c1. The van der Waals surface area contributed by atoms with E-state index >= 15 is 0 Å². The average molecular weight is 391 g/mol. The molecule has 0 saturated heterocycles. The van der Waals surface area contributed by atoms with Gasteiger partial charge in [-0.15, -0.1) is 0 Å². The van der Waals surface area contributed by atoms with Gasteiger partial charge in [0.25, 0.3) is 5.91 Å². The first-order chi connectivity index (χ1) is 12.6. The summed E-state index contributed by atoms with van der Waals surface area (Å²) in [5, 5.41) is 11.8. The standard InChI is InChI=1S/C18H21N3O5S/c1-11-7-12(2)16(13(3)8-11)27(25,26)21-15(18(23)24)10-20-17(22)14-5-4-6-19-9-14/h4-9,15,21H,10H2,1-3H3,(H,20,22)(H,23,24)/t15-/m1/s1. The Labute approximate surface area is 157 Å². The van der Waals surface area contributed by atoms with E-state index < -0.39 is 34.5 Å². The number of aryl methyl sites for hydroxylation is 3. The number of carboxylic acid groups (broad SMARTS) is 1. The maximum absolute atomic E-state index is 12.7. The summed E-state index contributed by atoms with van der Waals surface area (Å²) in [7, 11) is -4.09. The van der Waals surface area contributed by atoms with Crippen molar-refractivity contribution in [2.75, 3.05) is 6.54 Å². The maximum Gasteiger partial charge on any atom is 0.323 e.